The highest BCUT2D eigenvalue weighted by Crippen LogP contribution is 2.36. The zero-order valence-electron chi connectivity index (χ0n) is 11.1. The van der Waals surface area contributed by atoms with Crippen LogP contribution in [0.2, 0.25) is 0 Å². The molecule has 112 valence electrons. The van der Waals surface area contributed by atoms with Gasteiger partial charge in [0.1, 0.15) is 0 Å². The molecule has 1 aromatic heterocycles. The van der Waals surface area contributed by atoms with E-state index < -0.39 is 10.9 Å². The van der Waals surface area contributed by atoms with E-state index in [-0.39, 0.29) is 5.91 Å². The van der Waals surface area contributed by atoms with E-state index >= 15 is 0 Å². The number of urea groups is 1. The normalized spacial score (nSPS) is 21.1. The molecule has 5 nitrogen and oxygen atoms in total. The Kier molecular flexibility index (Phi) is 4.92. The van der Waals surface area contributed by atoms with E-state index in [1.807, 2.05) is 0 Å². The van der Waals surface area contributed by atoms with Gasteiger partial charge in [0.25, 0.3) is 5.91 Å². The third kappa shape index (κ3) is 4.23. The average Bonchev–Trinajstić information content (AvgIpc) is 2.94. The van der Waals surface area contributed by atoms with Gasteiger partial charge in [-0.2, -0.15) is 0 Å². The highest BCUT2D eigenvalue weighted by Gasteiger charge is 2.29. The van der Waals surface area contributed by atoms with Gasteiger partial charge in [-0.15, -0.1) is 22.9 Å². The van der Waals surface area contributed by atoms with Gasteiger partial charge in [-0.05, 0) is 30.5 Å². The molecular formula is C13H13Cl2N3O2S. The van der Waals surface area contributed by atoms with E-state index in [0.29, 0.717) is 22.0 Å². The lowest BCUT2D eigenvalue weighted by atomic mass is 9.99. The fourth-order valence-electron chi connectivity index (χ4n) is 1.69. The van der Waals surface area contributed by atoms with Gasteiger partial charge in [0.05, 0.1) is 9.75 Å². The Morgan fingerprint density at radius 1 is 1.33 bits per heavy atom. The molecule has 1 unspecified atom stereocenters. The van der Waals surface area contributed by atoms with E-state index in [1.54, 1.807) is 36.6 Å². The second kappa shape index (κ2) is 6.51. The van der Waals surface area contributed by atoms with Crippen molar-refractivity contribution in [1.29, 1.82) is 0 Å². The summed E-state index contributed by atoms with van der Waals surface area (Å²) in [7, 11) is 0. The maximum atomic E-state index is 11.7. The van der Waals surface area contributed by atoms with Crippen LogP contribution < -0.4 is 16.2 Å². The molecule has 3 N–H and O–H groups in total. The number of alkyl halides is 1. The molecule has 0 aliphatic heterocycles. The molecule has 1 heterocycles. The van der Waals surface area contributed by atoms with Gasteiger partial charge in [0.15, 0.2) is 0 Å². The predicted octanol–water partition coefficient (Wildman–Crippen LogP) is 3.10. The van der Waals surface area contributed by atoms with Crippen LogP contribution >= 0.6 is 34.5 Å². The number of carbonyl (C=O) groups excluding carboxylic acids is 2. The number of rotatable bonds is 2. The smallest absolute Gasteiger partial charge is 0.310 e. The van der Waals surface area contributed by atoms with E-state index in [1.165, 1.54) is 11.3 Å². The third-order valence-electron chi connectivity index (χ3n) is 2.76. The second-order valence-electron chi connectivity index (χ2n) is 4.59. The number of hydrogen-bond donors (Lipinski definition) is 3. The Hall–Kier alpha value is -1.50. The molecule has 1 aromatic rings. The summed E-state index contributed by atoms with van der Waals surface area (Å²) in [6.45, 7) is 1.76. The fraction of sp³-hybridized carbons (Fsp3) is 0.231. The van der Waals surface area contributed by atoms with Crippen molar-refractivity contribution >= 4 is 46.5 Å². The first kappa shape index (κ1) is 15.9. The third-order valence-corrected chi connectivity index (χ3v) is 4.61. The number of hydrazine groups is 1. The molecule has 8 heteroatoms. The molecule has 2 rings (SSSR count). The Morgan fingerprint density at radius 3 is 2.71 bits per heavy atom. The zero-order chi connectivity index (χ0) is 15.5. The van der Waals surface area contributed by atoms with Crippen LogP contribution in [-0.2, 0) is 0 Å². The first-order valence-electron chi connectivity index (χ1n) is 6.05. The predicted molar refractivity (Wildman–Crippen MR) is 84.3 cm³/mol. The lowest BCUT2D eigenvalue weighted by molar-refractivity contribution is 0.0940. The molecule has 1 aliphatic carbocycles. The standard InChI is InChI=1S/C13H13Cl2N3O2S/c1-13(15)7-8(4-5-10(13)14)16-12(20)18-17-11(19)9-3-2-6-21-9/h2-6H,7H2,1H3,(H,17,19)(H2,16,18,20). The van der Waals surface area contributed by atoms with E-state index in [9.17, 15) is 9.59 Å². The van der Waals surface area contributed by atoms with Crippen molar-refractivity contribution in [3.05, 3.63) is 45.3 Å². The SMILES string of the molecule is CC1(Cl)CC(NC(=O)NNC(=O)c2cccs2)=CC=C1Cl. The first-order chi connectivity index (χ1) is 9.88. The molecular weight excluding hydrogens is 333 g/mol. The van der Waals surface area contributed by atoms with Crippen LogP contribution in [0.1, 0.15) is 23.0 Å². The van der Waals surface area contributed by atoms with Gasteiger partial charge in [-0.1, -0.05) is 17.7 Å². The molecule has 0 spiro atoms. The van der Waals surface area contributed by atoms with Crippen LogP contribution in [0.4, 0.5) is 4.79 Å². The quantitative estimate of drug-likeness (QED) is 0.569. The van der Waals surface area contributed by atoms with Gasteiger partial charge in [0, 0.05) is 17.2 Å². The van der Waals surface area contributed by atoms with Gasteiger partial charge in [-0.3, -0.25) is 10.2 Å². The first-order valence-corrected chi connectivity index (χ1v) is 7.68. The van der Waals surface area contributed by atoms with E-state index in [4.69, 9.17) is 23.2 Å². The Morgan fingerprint density at radius 2 is 2.10 bits per heavy atom. The summed E-state index contributed by atoms with van der Waals surface area (Å²) in [5, 5.41) is 4.90. The minimum Gasteiger partial charge on any atom is -0.310 e. The topological polar surface area (TPSA) is 70.2 Å². The monoisotopic (exact) mass is 345 g/mol. The van der Waals surface area contributed by atoms with Crippen LogP contribution in [0.15, 0.2) is 40.4 Å². The van der Waals surface area contributed by atoms with Crippen molar-refractivity contribution in [2.24, 2.45) is 0 Å². The summed E-state index contributed by atoms with van der Waals surface area (Å²) in [6, 6.07) is 2.86. The summed E-state index contributed by atoms with van der Waals surface area (Å²) >= 11 is 13.5. The molecule has 0 aromatic carbocycles. The van der Waals surface area contributed by atoms with Crippen LogP contribution in [0.5, 0.6) is 0 Å². The Balaban J connectivity index is 1.84. The largest absolute Gasteiger partial charge is 0.337 e. The maximum Gasteiger partial charge on any atom is 0.337 e. The van der Waals surface area contributed by atoms with Crippen molar-refractivity contribution in [2.45, 2.75) is 18.2 Å². The van der Waals surface area contributed by atoms with Crippen molar-refractivity contribution in [1.82, 2.24) is 16.2 Å². The molecule has 0 radical (unpaired) electrons. The lowest BCUT2D eigenvalue weighted by Gasteiger charge is -2.26. The van der Waals surface area contributed by atoms with E-state index in [2.05, 4.69) is 16.2 Å². The Bertz CT molecular complexity index is 609. The summed E-state index contributed by atoms with van der Waals surface area (Å²) in [5.41, 5.74) is 5.20. The summed E-state index contributed by atoms with van der Waals surface area (Å²) < 4.78 is 0. The number of thiophene rings is 1. The average molecular weight is 346 g/mol. The fourth-order valence-corrected chi connectivity index (χ4v) is 2.65. The Labute approximate surface area is 136 Å². The maximum absolute atomic E-state index is 11.7. The van der Waals surface area contributed by atoms with Gasteiger partial charge < -0.3 is 5.32 Å². The van der Waals surface area contributed by atoms with Gasteiger partial charge in [0.2, 0.25) is 0 Å². The molecule has 1 atom stereocenters. The van der Waals surface area contributed by atoms with Crippen LogP contribution in [0.25, 0.3) is 0 Å². The number of allylic oxidation sites excluding steroid dienone is 4. The molecule has 0 saturated carbocycles. The number of amides is 3. The van der Waals surface area contributed by atoms with Crippen molar-refractivity contribution in [3.8, 4) is 0 Å². The van der Waals surface area contributed by atoms with Gasteiger partial charge >= 0.3 is 6.03 Å². The molecule has 0 fully saturated rings. The zero-order valence-corrected chi connectivity index (χ0v) is 13.4. The summed E-state index contributed by atoms with van der Waals surface area (Å²) in [5.74, 6) is -0.372. The minimum absolute atomic E-state index is 0.372. The molecule has 0 bridgehead atoms. The van der Waals surface area contributed by atoms with Gasteiger partial charge in [-0.25, -0.2) is 10.2 Å². The van der Waals surface area contributed by atoms with E-state index in [0.717, 1.165) is 0 Å². The number of hydrogen-bond acceptors (Lipinski definition) is 3. The number of carbonyl (C=O) groups is 2. The van der Waals surface area contributed by atoms with Crippen LogP contribution in [0.3, 0.4) is 0 Å². The molecule has 1 aliphatic rings. The van der Waals surface area contributed by atoms with Crippen LogP contribution in [-0.4, -0.2) is 16.8 Å². The van der Waals surface area contributed by atoms with Crippen molar-refractivity contribution in [3.63, 3.8) is 0 Å². The highest BCUT2D eigenvalue weighted by atomic mass is 35.5. The number of halogens is 2. The highest BCUT2D eigenvalue weighted by molar-refractivity contribution is 7.12. The minimum atomic E-state index is -0.737. The van der Waals surface area contributed by atoms with Crippen molar-refractivity contribution in [2.75, 3.05) is 0 Å². The molecule has 21 heavy (non-hydrogen) atoms. The van der Waals surface area contributed by atoms with Crippen molar-refractivity contribution < 1.29 is 9.59 Å². The molecule has 0 saturated heterocycles. The number of nitrogens with one attached hydrogen (secondary N) is 3. The lowest BCUT2D eigenvalue weighted by Crippen LogP contribution is -2.47. The summed E-state index contributed by atoms with van der Waals surface area (Å²) in [4.78, 5) is 23.1. The summed E-state index contributed by atoms with van der Waals surface area (Å²) in [6.07, 6.45) is 3.70. The second-order valence-corrected chi connectivity index (χ2v) is 6.78. The van der Waals surface area contributed by atoms with Crippen LogP contribution in [0, 0.1) is 0 Å². The molecule has 3 amide bonds.